The fourth-order valence-electron chi connectivity index (χ4n) is 1.26. The Morgan fingerprint density at radius 1 is 1.18 bits per heavy atom. The Bertz CT molecular complexity index is 423. The first kappa shape index (κ1) is 13.0. The summed E-state index contributed by atoms with van der Waals surface area (Å²) in [5.74, 6) is -1.09. The third-order valence-electron chi connectivity index (χ3n) is 1.97. The van der Waals surface area contributed by atoms with Crippen molar-refractivity contribution in [2.45, 2.75) is 6.92 Å². The first-order valence-corrected chi connectivity index (χ1v) is 5.24. The van der Waals surface area contributed by atoms with Crippen molar-refractivity contribution in [1.29, 1.82) is 0 Å². The lowest BCUT2D eigenvalue weighted by Crippen LogP contribution is -2.13. The minimum Gasteiger partial charge on any atom is -0.462 e. The molecule has 0 saturated carbocycles. The van der Waals surface area contributed by atoms with Crippen molar-refractivity contribution in [2.24, 2.45) is 0 Å². The van der Waals surface area contributed by atoms with Crippen LogP contribution in [-0.2, 0) is 9.47 Å². The van der Waals surface area contributed by atoms with Crippen LogP contribution in [0.5, 0.6) is 0 Å². The van der Waals surface area contributed by atoms with Gasteiger partial charge in [0.05, 0.1) is 17.7 Å². The van der Waals surface area contributed by atoms with E-state index in [1.165, 1.54) is 18.2 Å². The molecule has 0 aliphatic rings. The second-order valence-electron chi connectivity index (χ2n) is 3.15. The quantitative estimate of drug-likeness (QED) is 0.579. The first-order valence-electron chi connectivity index (χ1n) is 5.24. The topological polar surface area (TPSA) is 52.6 Å². The van der Waals surface area contributed by atoms with E-state index in [4.69, 9.17) is 9.47 Å². The van der Waals surface area contributed by atoms with E-state index >= 15 is 0 Å². The number of ether oxygens (including phenoxy) is 2. The van der Waals surface area contributed by atoms with Crippen molar-refractivity contribution >= 4 is 11.9 Å². The minimum absolute atomic E-state index is 0.107. The molecule has 0 bridgehead atoms. The fraction of sp³-hybridized carbons (Fsp3) is 0.231. The van der Waals surface area contributed by atoms with Crippen molar-refractivity contribution in [3.05, 3.63) is 48.0 Å². The van der Waals surface area contributed by atoms with E-state index in [1.807, 2.05) is 0 Å². The van der Waals surface area contributed by atoms with Crippen LogP contribution in [0, 0.1) is 0 Å². The van der Waals surface area contributed by atoms with E-state index in [-0.39, 0.29) is 24.3 Å². The lowest BCUT2D eigenvalue weighted by atomic mass is 10.1. The summed E-state index contributed by atoms with van der Waals surface area (Å²) in [4.78, 5) is 23.2. The molecule has 0 unspecified atom stereocenters. The molecule has 0 radical (unpaired) electrons. The van der Waals surface area contributed by atoms with Gasteiger partial charge in [-0.15, -0.1) is 0 Å². The van der Waals surface area contributed by atoms with Crippen LogP contribution in [0.3, 0.4) is 0 Å². The number of esters is 2. The minimum atomic E-state index is -0.562. The molecule has 0 spiro atoms. The summed E-state index contributed by atoms with van der Waals surface area (Å²) in [6.45, 7) is 5.52. The monoisotopic (exact) mass is 234 g/mol. The van der Waals surface area contributed by atoms with Gasteiger partial charge in [0.15, 0.2) is 0 Å². The van der Waals surface area contributed by atoms with Crippen LogP contribution in [-0.4, -0.2) is 25.2 Å². The average Bonchev–Trinajstić information content (AvgIpc) is 2.36. The molecule has 0 aliphatic heterocycles. The molecule has 0 N–H and O–H groups in total. The summed E-state index contributed by atoms with van der Waals surface area (Å²) in [5.41, 5.74) is 0.413. The molecule has 4 heteroatoms. The van der Waals surface area contributed by atoms with Gasteiger partial charge in [-0.3, -0.25) is 0 Å². The maximum Gasteiger partial charge on any atom is 0.339 e. The van der Waals surface area contributed by atoms with E-state index in [9.17, 15) is 9.59 Å². The van der Waals surface area contributed by atoms with Gasteiger partial charge in [-0.05, 0) is 19.1 Å². The van der Waals surface area contributed by atoms with Crippen LogP contribution < -0.4 is 0 Å². The van der Waals surface area contributed by atoms with E-state index in [2.05, 4.69) is 6.58 Å². The second kappa shape index (κ2) is 6.48. The van der Waals surface area contributed by atoms with Gasteiger partial charge in [0.25, 0.3) is 0 Å². The third-order valence-corrected chi connectivity index (χ3v) is 1.97. The predicted molar refractivity (Wildman–Crippen MR) is 62.9 cm³/mol. The third kappa shape index (κ3) is 3.45. The lowest BCUT2D eigenvalue weighted by Gasteiger charge is -2.07. The number of carbonyl (C=O) groups excluding carboxylic acids is 2. The van der Waals surface area contributed by atoms with Crippen LogP contribution in [0.15, 0.2) is 36.9 Å². The van der Waals surface area contributed by atoms with Gasteiger partial charge in [0.2, 0.25) is 0 Å². The van der Waals surface area contributed by atoms with E-state index in [0.29, 0.717) is 0 Å². The first-order chi connectivity index (χ1) is 8.20. The zero-order valence-corrected chi connectivity index (χ0v) is 9.64. The van der Waals surface area contributed by atoms with Crippen LogP contribution >= 0.6 is 0 Å². The Balaban J connectivity index is 2.94. The van der Waals surface area contributed by atoms with Gasteiger partial charge in [-0.2, -0.15) is 0 Å². The van der Waals surface area contributed by atoms with Crippen LogP contribution in [0.4, 0.5) is 0 Å². The van der Waals surface area contributed by atoms with Gasteiger partial charge in [-0.1, -0.05) is 24.8 Å². The molecule has 0 saturated heterocycles. The van der Waals surface area contributed by atoms with Crippen LogP contribution in [0.2, 0.25) is 0 Å². The Kier molecular flexibility index (Phi) is 4.94. The maximum absolute atomic E-state index is 11.7. The highest BCUT2D eigenvalue weighted by Gasteiger charge is 2.17. The summed E-state index contributed by atoms with van der Waals surface area (Å²) in [5, 5.41) is 0. The SMILES string of the molecule is C=CCOC(=O)c1ccccc1C(=O)OCC. The van der Waals surface area contributed by atoms with E-state index in [1.54, 1.807) is 19.1 Å². The summed E-state index contributed by atoms with van der Waals surface area (Å²) < 4.78 is 9.74. The van der Waals surface area contributed by atoms with Crippen molar-refractivity contribution in [2.75, 3.05) is 13.2 Å². The fourth-order valence-corrected chi connectivity index (χ4v) is 1.26. The van der Waals surface area contributed by atoms with Crippen LogP contribution in [0.1, 0.15) is 27.6 Å². The molecule has 0 aromatic heterocycles. The van der Waals surface area contributed by atoms with E-state index in [0.717, 1.165) is 0 Å². The zero-order chi connectivity index (χ0) is 12.7. The Labute approximate surface area is 99.8 Å². The van der Waals surface area contributed by atoms with Gasteiger partial charge in [0, 0.05) is 0 Å². The normalized spacial score (nSPS) is 9.47. The number of carbonyl (C=O) groups is 2. The Morgan fingerprint density at radius 3 is 2.18 bits per heavy atom. The molecular formula is C13H14O4. The van der Waals surface area contributed by atoms with Gasteiger partial charge < -0.3 is 9.47 Å². The smallest absolute Gasteiger partial charge is 0.339 e. The highest BCUT2D eigenvalue weighted by molar-refractivity contribution is 6.03. The maximum atomic E-state index is 11.7. The van der Waals surface area contributed by atoms with Crippen LogP contribution in [0.25, 0.3) is 0 Å². The summed E-state index contributed by atoms with van der Waals surface area (Å²) >= 11 is 0. The molecular weight excluding hydrogens is 220 g/mol. The number of benzene rings is 1. The predicted octanol–water partition coefficient (Wildman–Crippen LogP) is 2.21. The van der Waals surface area contributed by atoms with Crippen molar-refractivity contribution in [3.63, 3.8) is 0 Å². The molecule has 0 atom stereocenters. The molecule has 17 heavy (non-hydrogen) atoms. The molecule has 90 valence electrons. The molecule has 1 aromatic carbocycles. The van der Waals surface area contributed by atoms with Crippen molar-refractivity contribution in [1.82, 2.24) is 0 Å². The molecule has 0 fully saturated rings. The molecule has 1 aromatic rings. The molecule has 1 rings (SSSR count). The lowest BCUT2D eigenvalue weighted by molar-refractivity contribution is 0.0489. The number of hydrogen-bond acceptors (Lipinski definition) is 4. The van der Waals surface area contributed by atoms with Gasteiger partial charge in [0.1, 0.15) is 6.61 Å². The number of rotatable bonds is 5. The summed E-state index contributed by atoms with van der Waals surface area (Å²) in [6, 6.07) is 6.38. The standard InChI is InChI=1S/C13H14O4/c1-3-9-17-13(15)11-8-6-5-7-10(11)12(14)16-4-2/h3,5-8H,1,4,9H2,2H3. The van der Waals surface area contributed by atoms with Crippen molar-refractivity contribution in [3.8, 4) is 0 Å². The Hall–Kier alpha value is -2.10. The zero-order valence-electron chi connectivity index (χ0n) is 9.64. The van der Waals surface area contributed by atoms with Gasteiger partial charge in [-0.25, -0.2) is 9.59 Å². The average molecular weight is 234 g/mol. The molecule has 0 amide bonds. The molecule has 0 heterocycles. The Morgan fingerprint density at radius 2 is 1.71 bits per heavy atom. The summed E-state index contributed by atoms with van der Waals surface area (Å²) in [7, 11) is 0. The highest BCUT2D eigenvalue weighted by Crippen LogP contribution is 2.11. The highest BCUT2D eigenvalue weighted by atomic mass is 16.5. The second-order valence-corrected chi connectivity index (χ2v) is 3.15. The van der Waals surface area contributed by atoms with E-state index < -0.39 is 11.9 Å². The van der Waals surface area contributed by atoms with Gasteiger partial charge >= 0.3 is 11.9 Å². The largest absolute Gasteiger partial charge is 0.462 e. The molecule has 0 aliphatic carbocycles. The molecule has 4 nitrogen and oxygen atoms in total. The number of hydrogen-bond donors (Lipinski definition) is 0. The van der Waals surface area contributed by atoms with Crippen molar-refractivity contribution < 1.29 is 19.1 Å². The summed E-state index contributed by atoms with van der Waals surface area (Å²) in [6.07, 6.45) is 1.46.